The molecule has 3 aromatic carbocycles. The van der Waals surface area contributed by atoms with Gasteiger partial charge in [0, 0.05) is 0 Å². The van der Waals surface area contributed by atoms with Crippen LogP contribution in [0.25, 0.3) is 11.6 Å². The molecule has 172 valence electrons. The van der Waals surface area contributed by atoms with E-state index in [-0.39, 0.29) is 5.97 Å². The topological polar surface area (TPSA) is 46.5 Å². The standard InChI is InChI=1S/C30H34O3/c1-30(2,3)33-29(32)27(28(31)20-19-23-13-7-4-8-14-23)22-26(25-17-11-6-12-18-25)21-24-15-9-5-10-16-24/h4-18,21,27-28,31H,19-20,22H2,1-3H3/b26-21-. The van der Waals surface area contributed by atoms with Crippen molar-refractivity contribution in [2.75, 3.05) is 0 Å². The van der Waals surface area contributed by atoms with Crippen LogP contribution in [0.1, 0.15) is 50.3 Å². The number of ether oxygens (including phenoxy) is 1. The van der Waals surface area contributed by atoms with E-state index in [0.717, 1.165) is 22.3 Å². The van der Waals surface area contributed by atoms with Crippen LogP contribution in [0, 0.1) is 5.92 Å². The third-order valence-corrected chi connectivity index (χ3v) is 5.47. The van der Waals surface area contributed by atoms with Crippen LogP contribution in [-0.2, 0) is 16.0 Å². The predicted octanol–water partition coefficient (Wildman–Crippen LogP) is 6.57. The average Bonchev–Trinajstić information content (AvgIpc) is 2.81. The molecule has 3 heteroatoms. The van der Waals surface area contributed by atoms with Gasteiger partial charge in [-0.2, -0.15) is 0 Å². The highest BCUT2D eigenvalue weighted by molar-refractivity contribution is 5.85. The van der Waals surface area contributed by atoms with Gasteiger partial charge < -0.3 is 9.84 Å². The van der Waals surface area contributed by atoms with Crippen molar-refractivity contribution < 1.29 is 14.6 Å². The molecule has 0 bridgehead atoms. The quantitative estimate of drug-likeness (QED) is 0.301. The van der Waals surface area contributed by atoms with Gasteiger partial charge in [0.25, 0.3) is 0 Å². The zero-order valence-electron chi connectivity index (χ0n) is 19.8. The molecule has 0 radical (unpaired) electrons. The summed E-state index contributed by atoms with van der Waals surface area (Å²) >= 11 is 0. The summed E-state index contributed by atoms with van der Waals surface area (Å²) in [5, 5.41) is 11.2. The predicted molar refractivity (Wildman–Crippen MR) is 135 cm³/mol. The van der Waals surface area contributed by atoms with E-state index >= 15 is 0 Å². The van der Waals surface area contributed by atoms with Crippen LogP contribution in [0.4, 0.5) is 0 Å². The Morgan fingerprint density at radius 2 is 1.42 bits per heavy atom. The number of carbonyl (C=O) groups excluding carboxylic acids is 1. The molecule has 0 fully saturated rings. The van der Waals surface area contributed by atoms with Gasteiger partial charge in [0.2, 0.25) is 0 Å². The summed E-state index contributed by atoms with van der Waals surface area (Å²) in [5.41, 5.74) is 3.60. The molecule has 0 saturated carbocycles. The molecule has 0 aliphatic heterocycles. The summed E-state index contributed by atoms with van der Waals surface area (Å²) in [6.07, 6.45) is 2.86. The van der Waals surface area contributed by atoms with Crippen LogP contribution >= 0.6 is 0 Å². The van der Waals surface area contributed by atoms with Crippen LogP contribution < -0.4 is 0 Å². The van der Waals surface area contributed by atoms with Gasteiger partial charge in [0.05, 0.1) is 12.0 Å². The molecule has 2 unspecified atom stereocenters. The van der Waals surface area contributed by atoms with E-state index in [1.807, 2.05) is 112 Å². The Labute approximate surface area is 197 Å². The lowest BCUT2D eigenvalue weighted by molar-refractivity contribution is -0.163. The normalized spacial score (nSPS) is 13.9. The fourth-order valence-electron chi connectivity index (χ4n) is 3.81. The molecule has 1 N–H and O–H groups in total. The first-order valence-electron chi connectivity index (χ1n) is 11.6. The second-order valence-electron chi connectivity index (χ2n) is 9.38. The highest BCUT2D eigenvalue weighted by Crippen LogP contribution is 2.30. The lowest BCUT2D eigenvalue weighted by Gasteiger charge is -2.27. The molecule has 0 aliphatic rings. The third kappa shape index (κ3) is 8.03. The van der Waals surface area contributed by atoms with Crippen molar-refractivity contribution in [3.63, 3.8) is 0 Å². The number of benzene rings is 3. The Bertz CT molecular complexity index is 1020. The minimum absolute atomic E-state index is 0.363. The molecular formula is C30H34O3. The largest absolute Gasteiger partial charge is 0.460 e. The number of allylic oxidation sites excluding steroid dienone is 1. The van der Waals surface area contributed by atoms with Crippen molar-refractivity contribution in [2.24, 2.45) is 5.92 Å². The van der Waals surface area contributed by atoms with Gasteiger partial charge in [0.15, 0.2) is 0 Å². The Kier molecular flexibility index (Phi) is 8.62. The molecule has 33 heavy (non-hydrogen) atoms. The molecule has 0 heterocycles. The monoisotopic (exact) mass is 442 g/mol. The van der Waals surface area contributed by atoms with E-state index in [9.17, 15) is 9.90 Å². The Morgan fingerprint density at radius 3 is 2.00 bits per heavy atom. The first-order valence-corrected chi connectivity index (χ1v) is 11.6. The summed E-state index contributed by atoms with van der Waals surface area (Å²) in [6, 6.07) is 30.1. The molecule has 3 nitrogen and oxygen atoms in total. The highest BCUT2D eigenvalue weighted by Gasteiger charge is 2.32. The number of rotatable bonds is 9. The molecule has 0 spiro atoms. The number of aryl methyl sites for hydroxylation is 1. The maximum Gasteiger partial charge on any atom is 0.312 e. The van der Waals surface area contributed by atoms with Crippen LogP contribution in [0.3, 0.4) is 0 Å². The van der Waals surface area contributed by atoms with Gasteiger partial charge in [-0.15, -0.1) is 0 Å². The molecule has 0 aromatic heterocycles. The molecule has 3 rings (SSSR count). The van der Waals surface area contributed by atoms with Crippen molar-refractivity contribution in [3.05, 3.63) is 108 Å². The van der Waals surface area contributed by atoms with E-state index in [4.69, 9.17) is 4.74 Å². The van der Waals surface area contributed by atoms with Gasteiger partial charge in [-0.05, 0) is 62.3 Å². The fraction of sp³-hybridized carbons (Fsp3) is 0.300. The maximum atomic E-state index is 13.2. The third-order valence-electron chi connectivity index (χ3n) is 5.47. The number of hydrogen-bond acceptors (Lipinski definition) is 3. The Hall–Kier alpha value is -3.17. The Morgan fingerprint density at radius 1 is 0.879 bits per heavy atom. The number of carbonyl (C=O) groups is 1. The second-order valence-corrected chi connectivity index (χ2v) is 9.38. The molecule has 0 amide bonds. The van der Waals surface area contributed by atoms with E-state index < -0.39 is 17.6 Å². The lowest BCUT2D eigenvalue weighted by atomic mass is 9.87. The molecular weight excluding hydrogens is 408 g/mol. The van der Waals surface area contributed by atoms with Crippen molar-refractivity contribution in [2.45, 2.75) is 51.7 Å². The molecule has 2 atom stereocenters. The van der Waals surface area contributed by atoms with E-state index in [2.05, 4.69) is 6.08 Å². The maximum absolute atomic E-state index is 13.2. The minimum atomic E-state index is -0.817. The smallest absolute Gasteiger partial charge is 0.312 e. The van der Waals surface area contributed by atoms with E-state index in [1.54, 1.807) is 0 Å². The van der Waals surface area contributed by atoms with E-state index in [0.29, 0.717) is 19.3 Å². The van der Waals surface area contributed by atoms with Crippen molar-refractivity contribution in [1.29, 1.82) is 0 Å². The summed E-state index contributed by atoms with van der Waals surface area (Å²) in [4.78, 5) is 13.2. The molecule has 3 aromatic rings. The zero-order chi connectivity index (χ0) is 23.7. The zero-order valence-corrected chi connectivity index (χ0v) is 19.8. The van der Waals surface area contributed by atoms with Gasteiger partial charge in [-0.1, -0.05) is 97.1 Å². The second kappa shape index (κ2) is 11.6. The fourth-order valence-corrected chi connectivity index (χ4v) is 3.81. The van der Waals surface area contributed by atoms with Crippen molar-refractivity contribution >= 4 is 17.6 Å². The van der Waals surface area contributed by atoms with Crippen LogP contribution in [0.2, 0.25) is 0 Å². The first-order chi connectivity index (χ1) is 15.8. The number of esters is 1. The lowest BCUT2D eigenvalue weighted by Crippen LogP contribution is -2.35. The van der Waals surface area contributed by atoms with Crippen LogP contribution in [0.15, 0.2) is 91.0 Å². The van der Waals surface area contributed by atoms with Gasteiger partial charge in [-0.25, -0.2) is 0 Å². The summed E-state index contributed by atoms with van der Waals surface area (Å²) in [5.74, 6) is -1.03. The van der Waals surface area contributed by atoms with Crippen LogP contribution in [0.5, 0.6) is 0 Å². The van der Waals surface area contributed by atoms with Crippen molar-refractivity contribution in [1.82, 2.24) is 0 Å². The summed E-state index contributed by atoms with van der Waals surface area (Å²) in [7, 11) is 0. The van der Waals surface area contributed by atoms with Gasteiger partial charge >= 0.3 is 5.97 Å². The highest BCUT2D eigenvalue weighted by atomic mass is 16.6. The number of hydrogen-bond donors (Lipinski definition) is 1. The summed E-state index contributed by atoms with van der Waals surface area (Å²) in [6.45, 7) is 5.57. The first kappa shape index (κ1) is 24.5. The SMILES string of the molecule is CC(C)(C)OC(=O)C(C/C(=C/c1ccccc1)c1ccccc1)C(O)CCc1ccccc1. The van der Waals surface area contributed by atoms with Crippen molar-refractivity contribution in [3.8, 4) is 0 Å². The summed E-state index contributed by atoms with van der Waals surface area (Å²) < 4.78 is 5.73. The molecule has 0 aliphatic carbocycles. The van der Waals surface area contributed by atoms with Crippen LogP contribution in [-0.4, -0.2) is 22.8 Å². The minimum Gasteiger partial charge on any atom is -0.460 e. The molecule has 0 saturated heterocycles. The van der Waals surface area contributed by atoms with Gasteiger partial charge in [-0.3, -0.25) is 4.79 Å². The number of aliphatic hydroxyl groups excluding tert-OH is 1. The van der Waals surface area contributed by atoms with E-state index in [1.165, 1.54) is 0 Å². The Balaban J connectivity index is 1.89. The van der Waals surface area contributed by atoms with Gasteiger partial charge in [0.1, 0.15) is 5.60 Å². The number of aliphatic hydroxyl groups is 1. The average molecular weight is 443 g/mol.